The van der Waals surface area contributed by atoms with Gasteiger partial charge in [-0.05, 0) is 165 Å². The number of nitrogens with zero attached hydrogens (tertiary/aromatic N) is 9. The van der Waals surface area contributed by atoms with Crippen molar-refractivity contribution in [2.75, 3.05) is 0 Å². The van der Waals surface area contributed by atoms with Gasteiger partial charge in [-0.2, -0.15) is 0 Å². The molecule has 0 radical (unpaired) electrons. The maximum absolute atomic E-state index is 12.9. The van der Waals surface area contributed by atoms with Crippen LogP contribution in [-0.2, 0) is 38.9 Å². The van der Waals surface area contributed by atoms with Crippen LogP contribution in [0.5, 0.6) is 0 Å². The molecule has 12 heteroatoms. The highest BCUT2D eigenvalue weighted by Gasteiger charge is 2.23. The first-order chi connectivity index (χ1) is 37.0. The van der Waals surface area contributed by atoms with E-state index in [2.05, 4.69) is 78.2 Å². The molecule has 12 rings (SSSR count). The summed E-state index contributed by atoms with van der Waals surface area (Å²) in [6.07, 6.45) is 13.0. The normalized spacial score (nSPS) is 17.5. The molecule has 0 fully saturated rings. The number of aromatic nitrogens is 9. The third-order valence-electron chi connectivity index (χ3n) is 14.8. The van der Waals surface area contributed by atoms with Gasteiger partial charge in [0.05, 0.1) is 32.7 Å². The zero-order valence-corrected chi connectivity index (χ0v) is 43.5. The molecule has 0 aliphatic carbocycles. The summed E-state index contributed by atoms with van der Waals surface area (Å²) in [6.45, 7) is 11.2. The lowest BCUT2D eigenvalue weighted by molar-refractivity contribution is 0.343. The van der Waals surface area contributed by atoms with Gasteiger partial charge < -0.3 is 0 Å². The lowest BCUT2D eigenvalue weighted by atomic mass is 9.93. The summed E-state index contributed by atoms with van der Waals surface area (Å²) < 4.78 is 5.58. The van der Waals surface area contributed by atoms with Gasteiger partial charge in [0.25, 0.3) is 16.7 Å². The van der Waals surface area contributed by atoms with Gasteiger partial charge in [-0.3, -0.25) is 28.1 Å². The van der Waals surface area contributed by atoms with Crippen molar-refractivity contribution in [1.29, 1.82) is 0 Å². The predicted molar refractivity (Wildman–Crippen MR) is 300 cm³/mol. The van der Waals surface area contributed by atoms with Crippen LogP contribution >= 0.6 is 0 Å². The average Bonchev–Trinajstić information content (AvgIpc) is 3.85. The molecule has 4 atom stereocenters. The first-order valence-corrected chi connectivity index (χ1v) is 26.4. The maximum Gasteiger partial charge on any atom is 0.261 e. The number of pyridine rings is 3. The van der Waals surface area contributed by atoms with Crippen LogP contribution in [0.25, 0.3) is 32.7 Å². The Morgan fingerprint density at radius 3 is 1.16 bits per heavy atom. The van der Waals surface area contributed by atoms with Gasteiger partial charge in [-0.15, -0.1) is 0 Å². The van der Waals surface area contributed by atoms with Crippen molar-refractivity contribution in [2.45, 2.75) is 98.7 Å². The van der Waals surface area contributed by atoms with Gasteiger partial charge in [0.15, 0.2) is 0 Å². The molecule has 0 amide bonds. The molecule has 4 unspecified atom stereocenters. The van der Waals surface area contributed by atoms with E-state index in [0.717, 1.165) is 139 Å². The van der Waals surface area contributed by atoms with Crippen molar-refractivity contribution in [3.8, 4) is 35.5 Å². The molecule has 0 saturated heterocycles. The van der Waals surface area contributed by atoms with Crippen LogP contribution in [-0.4, -0.2) is 43.6 Å². The molecule has 6 aromatic heterocycles. The van der Waals surface area contributed by atoms with Gasteiger partial charge in [-0.1, -0.05) is 63.7 Å². The SMILES string of the molecule is CC1CCc2nc3cc(C#Cc4ccccn4)ccc3c(=O)n2CC1.CC1CCc2nc3cc(C#Cc4ccccn4)ccc3c(=O)n2CC1.CC1CCc2nc3cc(C#Cc4ccccn4)ccc3c(=O)n2CC1C. The van der Waals surface area contributed by atoms with E-state index in [1.165, 1.54) is 0 Å². The highest BCUT2D eigenvalue weighted by Crippen LogP contribution is 2.25. The number of hydrogen-bond acceptors (Lipinski definition) is 9. The minimum Gasteiger partial charge on any atom is -0.296 e. The van der Waals surface area contributed by atoms with Crippen LogP contribution in [0.4, 0.5) is 0 Å². The Balaban J connectivity index is 0.000000130. The first kappa shape index (κ1) is 50.7. The van der Waals surface area contributed by atoms with Crippen molar-refractivity contribution >= 4 is 32.7 Å². The van der Waals surface area contributed by atoms with E-state index in [9.17, 15) is 14.4 Å². The molecule has 0 spiro atoms. The van der Waals surface area contributed by atoms with E-state index in [1.54, 1.807) is 18.6 Å². The van der Waals surface area contributed by atoms with Crippen molar-refractivity contribution in [3.05, 3.63) is 210 Å². The summed E-state index contributed by atoms with van der Waals surface area (Å²) in [7, 11) is 0. The largest absolute Gasteiger partial charge is 0.296 e. The molecule has 0 bridgehead atoms. The van der Waals surface area contributed by atoms with E-state index < -0.39 is 0 Å². The Kier molecular flexibility index (Phi) is 15.5. The zero-order chi connectivity index (χ0) is 52.5. The van der Waals surface area contributed by atoms with Gasteiger partial charge in [0.1, 0.15) is 34.6 Å². The van der Waals surface area contributed by atoms with Crippen molar-refractivity contribution < 1.29 is 0 Å². The molecular weight excluding hydrogens is 943 g/mol. The number of hydrogen-bond donors (Lipinski definition) is 0. The van der Waals surface area contributed by atoms with E-state index in [0.29, 0.717) is 39.8 Å². The van der Waals surface area contributed by atoms with Crippen molar-refractivity contribution in [3.63, 3.8) is 0 Å². The van der Waals surface area contributed by atoms with Gasteiger partial charge in [0, 0.05) is 74.2 Å². The minimum absolute atomic E-state index is 0.0650. The number of benzene rings is 3. The Hall–Kier alpha value is -8.79. The van der Waals surface area contributed by atoms with E-state index in [1.807, 2.05) is 123 Å². The molecule has 3 aromatic carbocycles. The van der Waals surface area contributed by atoms with Gasteiger partial charge >= 0.3 is 0 Å². The third-order valence-corrected chi connectivity index (χ3v) is 14.8. The second kappa shape index (κ2) is 23.2. The lowest BCUT2D eigenvalue weighted by Crippen LogP contribution is -2.27. The summed E-state index contributed by atoms with van der Waals surface area (Å²) in [5.74, 6) is 23.5. The number of fused-ring (bicyclic) bond motifs is 6. The summed E-state index contributed by atoms with van der Waals surface area (Å²) in [5.41, 5.74) is 7.12. The van der Waals surface area contributed by atoms with Gasteiger partial charge in [0.2, 0.25) is 0 Å². The Morgan fingerprint density at radius 1 is 0.408 bits per heavy atom. The van der Waals surface area contributed by atoms with Crippen LogP contribution in [0.3, 0.4) is 0 Å². The fourth-order valence-electron chi connectivity index (χ4n) is 9.82. The highest BCUT2D eigenvalue weighted by molar-refractivity contribution is 5.81. The summed E-state index contributed by atoms with van der Waals surface area (Å²) in [5, 5.41) is 2.00. The van der Waals surface area contributed by atoms with Crippen LogP contribution < -0.4 is 16.7 Å². The second-order valence-electron chi connectivity index (χ2n) is 20.4. The Bertz CT molecular complexity index is 3810. The predicted octanol–water partition coefficient (Wildman–Crippen LogP) is 9.74. The maximum atomic E-state index is 12.9. The highest BCUT2D eigenvalue weighted by atomic mass is 16.1. The Morgan fingerprint density at radius 2 is 0.776 bits per heavy atom. The molecular formula is C64H59N9O3. The van der Waals surface area contributed by atoms with Gasteiger partial charge in [-0.25, -0.2) is 29.9 Å². The number of aryl methyl sites for hydroxylation is 3. The van der Waals surface area contributed by atoms with Crippen LogP contribution in [0, 0.1) is 59.2 Å². The molecule has 3 aliphatic heterocycles. The Labute approximate surface area is 442 Å². The molecule has 9 heterocycles. The van der Waals surface area contributed by atoms with E-state index in [4.69, 9.17) is 15.0 Å². The summed E-state index contributed by atoms with van der Waals surface area (Å²) >= 11 is 0. The smallest absolute Gasteiger partial charge is 0.261 e. The average molecular weight is 1000 g/mol. The fourth-order valence-corrected chi connectivity index (χ4v) is 9.82. The van der Waals surface area contributed by atoms with Crippen LogP contribution in [0.1, 0.15) is 111 Å². The second-order valence-corrected chi connectivity index (χ2v) is 20.4. The first-order valence-electron chi connectivity index (χ1n) is 26.4. The molecule has 3 aliphatic rings. The topological polar surface area (TPSA) is 143 Å². The molecule has 0 saturated carbocycles. The van der Waals surface area contributed by atoms with Crippen LogP contribution in [0.2, 0.25) is 0 Å². The van der Waals surface area contributed by atoms with E-state index >= 15 is 0 Å². The standard InChI is InChI=1S/C22H21N3O.2C21H19N3O/c1-15-6-11-21-24-20-13-17(7-9-18-5-3-4-12-23-18)8-10-19(20)22(26)25(21)14-16(15)2;2*1-15-5-10-20-23-19-14-16(6-8-17-4-2-3-12-22-17)7-9-18(19)21(25)24(20)13-11-15/h3-5,8,10,12-13,15-16H,6,11,14H2,1-2H3;2*2-4,7,9,12,14-15H,5,10-11,13H2,1H3. The summed E-state index contributed by atoms with van der Waals surface area (Å²) in [4.78, 5) is 65.5. The molecule has 378 valence electrons. The molecule has 12 nitrogen and oxygen atoms in total. The van der Waals surface area contributed by atoms with Crippen LogP contribution in [0.15, 0.2) is 142 Å². The quantitative estimate of drug-likeness (QED) is 0.136. The summed E-state index contributed by atoms with van der Waals surface area (Å²) in [6, 6.07) is 33.9. The molecule has 0 N–H and O–H groups in total. The molecule has 76 heavy (non-hydrogen) atoms. The minimum atomic E-state index is 0.0650. The number of rotatable bonds is 0. The zero-order valence-electron chi connectivity index (χ0n) is 43.5. The van der Waals surface area contributed by atoms with E-state index in [-0.39, 0.29) is 16.7 Å². The molecule has 9 aromatic rings. The van der Waals surface area contributed by atoms with Crippen molar-refractivity contribution in [1.82, 2.24) is 43.6 Å². The fraction of sp³-hybridized carbons (Fsp3) is 0.297. The lowest BCUT2D eigenvalue weighted by Gasteiger charge is -2.16. The third kappa shape index (κ3) is 11.9. The monoisotopic (exact) mass is 1000 g/mol. The van der Waals surface area contributed by atoms with Crippen molar-refractivity contribution in [2.24, 2.45) is 23.7 Å².